The van der Waals surface area contributed by atoms with E-state index in [4.69, 9.17) is 10.5 Å². The molecule has 1 aromatic heterocycles. The monoisotopic (exact) mass is 193 g/mol. The quantitative estimate of drug-likeness (QED) is 0.752. The molecule has 4 nitrogen and oxygen atoms in total. The van der Waals surface area contributed by atoms with Crippen molar-refractivity contribution in [3.63, 3.8) is 0 Å². The van der Waals surface area contributed by atoms with Crippen LogP contribution in [0.4, 0.5) is 5.82 Å². The molecule has 0 spiro atoms. The Morgan fingerprint density at radius 2 is 2.36 bits per heavy atom. The van der Waals surface area contributed by atoms with E-state index in [2.05, 4.69) is 10.3 Å². The molecule has 0 saturated heterocycles. The number of pyridine rings is 1. The van der Waals surface area contributed by atoms with E-state index in [-0.39, 0.29) is 0 Å². The minimum absolute atomic E-state index is 0.396. The maximum atomic E-state index is 5.68. The van der Waals surface area contributed by atoms with Crippen molar-refractivity contribution in [1.29, 1.82) is 0 Å². The highest BCUT2D eigenvalue weighted by Crippen LogP contribution is 2.30. The molecule has 1 aliphatic rings. The zero-order chi connectivity index (χ0) is 9.97. The van der Waals surface area contributed by atoms with Gasteiger partial charge in [-0.05, 0) is 25.0 Å². The fourth-order valence-corrected chi connectivity index (χ4v) is 1.24. The molecule has 0 aromatic carbocycles. The second-order valence-corrected chi connectivity index (χ2v) is 3.42. The van der Waals surface area contributed by atoms with Gasteiger partial charge in [0.25, 0.3) is 0 Å². The van der Waals surface area contributed by atoms with Gasteiger partial charge in [0, 0.05) is 13.6 Å². The highest BCUT2D eigenvalue weighted by Gasteiger charge is 2.24. The predicted octanol–water partition coefficient (Wildman–Crippen LogP) is 1.12. The molecule has 1 heterocycles. The van der Waals surface area contributed by atoms with Gasteiger partial charge < -0.3 is 15.8 Å². The molecule has 4 heteroatoms. The number of anilines is 1. The Hall–Kier alpha value is -1.29. The number of nitrogens with zero attached hydrogens (tertiary/aromatic N) is 1. The standard InChI is InChI=1S/C10H15N3O/c1-12-10-9(14-8-3-4-8)5-2-7(6-11)13-10/h2,5,8H,3-4,6,11H2,1H3,(H,12,13). The van der Waals surface area contributed by atoms with Gasteiger partial charge in [0.2, 0.25) is 0 Å². The van der Waals surface area contributed by atoms with Crippen LogP contribution in [0.25, 0.3) is 0 Å². The summed E-state index contributed by atoms with van der Waals surface area (Å²) < 4.78 is 5.68. The molecule has 1 aliphatic carbocycles. The summed E-state index contributed by atoms with van der Waals surface area (Å²) in [5, 5.41) is 3.01. The van der Waals surface area contributed by atoms with Crippen molar-refractivity contribution in [2.24, 2.45) is 5.73 Å². The normalized spacial score (nSPS) is 15.3. The highest BCUT2D eigenvalue weighted by atomic mass is 16.5. The Morgan fingerprint density at radius 1 is 1.57 bits per heavy atom. The van der Waals surface area contributed by atoms with Crippen molar-refractivity contribution in [2.45, 2.75) is 25.5 Å². The number of hydrogen-bond acceptors (Lipinski definition) is 4. The number of aromatic nitrogens is 1. The lowest BCUT2D eigenvalue weighted by Gasteiger charge is -2.10. The summed E-state index contributed by atoms with van der Waals surface area (Å²) in [7, 11) is 1.84. The first-order valence-corrected chi connectivity index (χ1v) is 4.88. The molecule has 1 fully saturated rings. The molecule has 0 unspecified atom stereocenters. The van der Waals surface area contributed by atoms with Gasteiger partial charge in [-0.25, -0.2) is 4.98 Å². The Balaban J connectivity index is 2.19. The van der Waals surface area contributed by atoms with Gasteiger partial charge in [0.15, 0.2) is 11.6 Å². The third kappa shape index (κ3) is 1.96. The first-order valence-electron chi connectivity index (χ1n) is 4.88. The van der Waals surface area contributed by atoms with Crippen molar-refractivity contribution >= 4 is 5.82 Å². The van der Waals surface area contributed by atoms with Crippen LogP contribution in [0.5, 0.6) is 5.75 Å². The zero-order valence-electron chi connectivity index (χ0n) is 8.29. The zero-order valence-corrected chi connectivity index (χ0v) is 8.29. The van der Waals surface area contributed by atoms with Gasteiger partial charge in [-0.3, -0.25) is 0 Å². The summed E-state index contributed by atoms with van der Waals surface area (Å²) in [5.41, 5.74) is 6.38. The van der Waals surface area contributed by atoms with Gasteiger partial charge in [0.05, 0.1) is 11.8 Å². The molecular weight excluding hydrogens is 178 g/mol. The first-order chi connectivity index (χ1) is 6.83. The summed E-state index contributed by atoms with van der Waals surface area (Å²) in [4.78, 5) is 4.33. The maximum absolute atomic E-state index is 5.68. The van der Waals surface area contributed by atoms with E-state index in [1.807, 2.05) is 19.2 Å². The number of nitrogens with one attached hydrogen (secondary N) is 1. The van der Waals surface area contributed by atoms with E-state index < -0.39 is 0 Å². The lowest BCUT2D eigenvalue weighted by atomic mass is 10.3. The van der Waals surface area contributed by atoms with Crippen LogP contribution in [0.1, 0.15) is 18.5 Å². The number of ether oxygens (including phenoxy) is 1. The fourth-order valence-electron chi connectivity index (χ4n) is 1.24. The van der Waals surface area contributed by atoms with E-state index in [1.165, 1.54) is 0 Å². The summed E-state index contributed by atoms with van der Waals surface area (Å²) in [6.45, 7) is 0.457. The van der Waals surface area contributed by atoms with Crippen LogP contribution in [-0.2, 0) is 6.54 Å². The first kappa shape index (κ1) is 9.27. The lowest BCUT2D eigenvalue weighted by molar-refractivity contribution is 0.303. The Labute approximate surface area is 83.5 Å². The summed E-state index contributed by atoms with van der Waals surface area (Å²) in [5.74, 6) is 1.60. The third-order valence-corrected chi connectivity index (χ3v) is 2.18. The largest absolute Gasteiger partial charge is 0.487 e. The number of nitrogens with two attached hydrogens (primary N) is 1. The molecule has 0 bridgehead atoms. The second kappa shape index (κ2) is 3.84. The van der Waals surface area contributed by atoms with Crippen LogP contribution in [-0.4, -0.2) is 18.1 Å². The topological polar surface area (TPSA) is 60.2 Å². The minimum atomic E-state index is 0.396. The second-order valence-electron chi connectivity index (χ2n) is 3.42. The molecule has 0 radical (unpaired) electrons. The molecule has 14 heavy (non-hydrogen) atoms. The van der Waals surface area contributed by atoms with Crippen molar-refractivity contribution in [1.82, 2.24) is 4.98 Å². The number of rotatable bonds is 4. The predicted molar refractivity (Wildman–Crippen MR) is 55.3 cm³/mol. The van der Waals surface area contributed by atoms with E-state index in [1.54, 1.807) is 0 Å². The highest BCUT2D eigenvalue weighted by molar-refractivity contribution is 5.50. The van der Waals surface area contributed by atoms with Crippen molar-refractivity contribution in [2.75, 3.05) is 12.4 Å². The van der Waals surface area contributed by atoms with Crippen molar-refractivity contribution < 1.29 is 4.74 Å². The number of hydrogen-bond donors (Lipinski definition) is 2. The van der Waals surface area contributed by atoms with Crippen LogP contribution >= 0.6 is 0 Å². The molecule has 3 N–H and O–H groups in total. The van der Waals surface area contributed by atoms with Crippen LogP contribution < -0.4 is 15.8 Å². The summed E-state index contributed by atoms with van der Waals surface area (Å²) in [6.07, 6.45) is 2.71. The molecule has 0 aliphatic heterocycles. The van der Waals surface area contributed by atoms with E-state index >= 15 is 0 Å². The third-order valence-electron chi connectivity index (χ3n) is 2.18. The van der Waals surface area contributed by atoms with E-state index in [0.29, 0.717) is 12.6 Å². The molecule has 0 amide bonds. The van der Waals surface area contributed by atoms with Crippen molar-refractivity contribution in [3.8, 4) is 5.75 Å². The smallest absolute Gasteiger partial charge is 0.168 e. The van der Waals surface area contributed by atoms with Gasteiger partial charge in [-0.1, -0.05) is 0 Å². The van der Waals surface area contributed by atoms with Crippen LogP contribution in [0.2, 0.25) is 0 Å². The molecule has 76 valence electrons. The Bertz CT molecular complexity index is 323. The molecule has 2 rings (SSSR count). The fraction of sp³-hybridized carbons (Fsp3) is 0.500. The van der Waals surface area contributed by atoms with Gasteiger partial charge in [-0.15, -0.1) is 0 Å². The SMILES string of the molecule is CNc1nc(CN)ccc1OC1CC1. The Kier molecular flexibility index (Phi) is 2.54. The minimum Gasteiger partial charge on any atom is -0.487 e. The van der Waals surface area contributed by atoms with Crippen LogP contribution in [0.15, 0.2) is 12.1 Å². The van der Waals surface area contributed by atoms with E-state index in [0.717, 1.165) is 30.1 Å². The molecule has 0 atom stereocenters. The van der Waals surface area contributed by atoms with Gasteiger partial charge in [0.1, 0.15) is 0 Å². The summed E-state index contributed by atoms with van der Waals surface area (Å²) >= 11 is 0. The molecule has 1 aromatic rings. The van der Waals surface area contributed by atoms with Crippen molar-refractivity contribution in [3.05, 3.63) is 17.8 Å². The lowest BCUT2D eigenvalue weighted by Crippen LogP contribution is -2.06. The summed E-state index contributed by atoms with van der Waals surface area (Å²) in [6, 6.07) is 3.83. The van der Waals surface area contributed by atoms with Crippen LogP contribution in [0, 0.1) is 0 Å². The van der Waals surface area contributed by atoms with Crippen LogP contribution in [0.3, 0.4) is 0 Å². The average molecular weight is 193 g/mol. The van der Waals surface area contributed by atoms with Gasteiger partial charge in [-0.2, -0.15) is 0 Å². The molecule has 1 saturated carbocycles. The average Bonchev–Trinajstić information content (AvgIpc) is 3.02. The maximum Gasteiger partial charge on any atom is 0.168 e. The Morgan fingerprint density at radius 3 is 2.93 bits per heavy atom. The van der Waals surface area contributed by atoms with Gasteiger partial charge >= 0.3 is 0 Å². The van der Waals surface area contributed by atoms with E-state index in [9.17, 15) is 0 Å². The molecular formula is C10H15N3O.